The van der Waals surface area contributed by atoms with Gasteiger partial charge in [0.15, 0.2) is 0 Å². The highest BCUT2D eigenvalue weighted by atomic mass is 16.5. The van der Waals surface area contributed by atoms with Crippen LogP contribution >= 0.6 is 0 Å². The minimum Gasteiger partial charge on any atom is -0.491 e. The molecule has 1 atom stereocenters. The Morgan fingerprint density at radius 1 is 1.08 bits per heavy atom. The molecule has 4 rings (SSSR count). The zero-order valence-corrected chi connectivity index (χ0v) is 15.0. The summed E-state index contributed by atoms with van der Waals surface area (Å²) in [6.45, 7) is 4.05. The van der Waals surface area contributed by atoms with Crippen LogP contribution in [0.2, 0.25) is 0 Å². The van der Waals surface area contributed by atoms with Gasteiger partial charge in [0.1, 0.15) is 18.5 Å². The molecule has 1 heterocycles. The molecule has 5 nitrogen and oxygen atoms in total. The summed E-state index contributed by atoms with van der Waals surface area (Å²) in [7, 11) is 0. The number of carbonyl (C=O) groups is 1. The lowest BCUT2D eigenvalue weighted by Crippen LogP contribution is -2.51. The number of benzene rings is 2. The van der Waals surface area contributed by atoms with Gasteiger partial charge in [0.05, 0.1) is 0 Å². The number of hydrogen-bond donors (Lipinski definition) is 1. The van der Waals surface area contributed by atoms with Crippen molar-refractivity contribution in [1.29, 1.82) is 0 Å². The van der Waals surface area contributed by atoms with Gasteiger partial charge in [-0.05, 0) is 35.7 Å². The van der Waals surface area contributed by atoms with Crippen molar-refractivity contribution >= 4 is 16.7 Å². The number of β-amino-alcohol motifs (C(OH)–C–C–N with tert-alkyl or cyclic N) is 1. The summed E-state index contributed by atoms with van der Waals surface area (Å²) in [5.41, 5.74) is 0. The minimum atomic E-state index is -0.535. The number of aliphatic hydroxyl groups is 1. The first kappa shape index (κ1) is 17.3. The Kier molecular flexibility index (Phi) is 5.09. The molecular formula is C21H26N2O3. The quantitative estimate of drug-likeness (QED) is 0.864. The van der Waals surface area contributed by atoms with E-state index in [-0.39, 0.29) is 6.61 Å². The monoisotopic (exact) mass is 354 g/mol. The van der Waals surface area contributed by atoms with Crippen LogP contribution in [-0.4, -0.2) is 66.2 Å². The van der Waals surface area contributed by atoms with Gasteiger partial charge in [-0.2, -0.15) is 0 Å². The average molecular weight is 354 g/mol. The first-order valence-corrected chi connectivity index (χ1v) is 9.50. The molecule has 0 radical (unpaired) electrons. The van der Waals surface area contributed by atoms with Gasteiger partial charge in [-0.1, -0.05) is 30.3 Å². The average Bonchev–Trinajstić information content (AvgIpc) is 3.51. The van der Waals surface area contributed by atoms with Gasteiger partial charge in [-0.25, -0.2) is 0 Å². The lowest BCUT2D eigenvalue weighted by atomic mass is 10.1. The third-order valence-corrected chi connectivity index (χ3v) is 5.24. The molecule has 138 valence electrons. The lowest BCUT2D eigenvalue weighted by Gasteiger charge is -2.35. The van der Waals surface area contributed by atoms with Crippen LogP contribution in [0.3, 0.4) is 0 Å². The molecule has 0 unspecified atom stereocenters. The van der Waals surface area contributed by atoms with Gasteiger partial charge < -0.3 is 14.7 Å². The topological polar surface area (TPSA) is 53.0 Å². The predicted molar refractivity (Wildman–Crippen MR) is 101 cm³/mol. The SMILES string of the molecule is O=C(C1CC1)N1CCN(C[C@H](O)COc2ccc3ccccc3c2)CC1. The van der Waals surface area contributed by atoms with Crippen LogP contribution in [0.25, 0.3) is 10.8 Å². The smallest absolute Gasteiger partial charge is 0.225 e. The van der Waals surface area contributed by atoms with Crippen LogP contribution in [-0.2, 0) is 4.79 Å². The summed E-state index contributed by atoms with van der Waals surface area (Å²) < 4.78 is 5.78. The van der Waals surface area contributed by atoms with E-state index in [1.807, 2.05) is 35.2 Å². The number of amides is 1. The molecule has 0 aromatic heterocycles. The lowest BCUT2D eigenvalue weighted by molar-refractivity contribution is -0.134. The number of aliphatic hydroxyl groups excluding tert-OH is 1. The number of hydrogen-bond acceptors (Lipinski definition) is 4. The molecule has 0 bridgehead atoms. The highest BCUT2D eigenvalue weighted by Gasteiger charge is 2.34. The maximum Gasteiger partial charge on any atom is 0.225 e. The number of fused-ring (bicyclic) bond motifs is 1. The van der Waals surface area contributed by atoms with Gasteiger partial charge in [-0.15, -0.1) is 0 Å². The Morgan fingerprint density at radius 2 is 1.81 bits per heavy atom. The third-order valence-electron chi connectivity index (χ3n) is 5.24. The number of piperazine rings is 1. The number of ether oxygens (including phenoxy) is 1. The van der Waals surface area contributed by atoms with Gasteiger partial charge in [0, 0.05) is 38.6 Å². The van der Waals surface area contributed by atoms with Gasteiger partial charge in [0.25, 0.3) is 0 Å². The van der Waals surface area contributed by atoms with Crippen LogP contribution in [0.4, 0.5) is 0 Å². The Morgan fingerprint density at radius 3 is 2.54 bits per heavy atom. The van der Waals surface area contributed by atoms with Gasteiger partial charge in [0.2, 0.25) is 5.91 Å². The molecule has 0 spiro atoms. The second kappa shape index (κ2) is 7.64. The molecule has 26 heavy (non-hydrogen) atoms. The predicted octanol–water partition coefficient (Wildman–Crippen LogP) is 2.13. The molecule has 2 fully saturated rings. The molecule has 1 saturated carbocycles. The van der Waals surface area contributed by atoms with E-state index in [2.05, 4.69) is 17.0 Å². The summed E-state index contributed by atoms with van der Waals surface area (Å²) in [6.07, 6.45) is 1.58. The van der Waals surface area contributed by atoms with Crippen molar-refractivity contribution in [3.8, 4) is 5.75 Å². The highest BCUT2D eigenvalue weighted by molar-refractivity contribution is 5.83. The van der Waals surface area contributed by atoms with Crippen molar-refractivity contribution in [3.63, 3.8) is 0 Å². The second-order valence-electron chi connectivity index (χ2n) is 7.37. The van der Waals surface area contributed by atoms with Crippen LogP contribution in [0, 0.1) is 5.92 Å². The van der Waals surface area contributed by atoms with Crippen LogP contribution in [0.15, 0.2) is 42.5 Å². The molecule has 2 aliphatic rings. The summed E-state index contributed by atoms with van der Waals surface area (Å²) in [6, 6.07) is 14.1. The van der Waals surface area contributed by atoms with E-state index in [1.54, 1.807) is 0 Å². The maximum atomic E-state index is 12.1. The van der Waals surface area contributed by atoms with E-state index in [9.17, 15) is 9.90 Å². The minimum absolute atomic E-state index is 0.277. The Hall–Kier alpha value is -2.11. The number of carbonyl (C=O) groups excluding carboxylic acids is 1. The third kappa shape index (κ3) is 4.17. The van der Waals surface area contributed by atoms with Crippen molar-refractivity contribution < 1.29 is 14.6 Å². The summed E-state index contributed by atoms with van der Waals surface area (Å²) >= 11 is 0. The Balaban J connectivity index is 1.22. The molecule has 1 saturated heterocycles. The van der Waals surface area contributed by atoms with Crippen molar-refractivity contribution in [2.24, 2.45) is 5.92 Å². The molecule has 2 aromatic rings. The second-order valence-corrected chi connectivity index (χ2v) is 7.37. The van der Waals surface area contributed by atoms with Gasteiger partial charge in [-0.3, -0.25) is 9.69 Å². The van der Waals surface area contributed by atoms with Crippen molar-refractivity contribution in [2.75, 3.05) is 39.3 Å². The van der Waals surface area contributed by atoms with E-state index in [4.69, 9.17) is 4.74 Å². The maximum absolute atomic E-state index is 12.1. The van der Waals surface area contributed by atoms with E-state index in [0.29, 0.717) is 18.4 Å². The van der Waals surface area contributed by atoms with Crippen LogP contribution in [0.5, 0.6) is 5.75 Å². The summed E-state index contributed by atoms with van der Waals surface area (Å²) in [5.74, 6) is 1.40. The molecule has 1 aliphatic carbocycles. The van der Waals surface area contributed by atoms with Gasteiger partial charge >= 0.3 is 0 Å². The Labute approximate surface area is 154 Å². The van der Waals surface area contributed by atoms with Crippen molar-refractivity contribution in [1.82, 2.24) is 9.80 Å². The highest BCUT2D eigenvalue weighted by Crippen LogP contribution is 2.31. The molecule has 1 amide bonds. The van der Waals surface area contributed by atoms with E-state index >= 15 is 0 Å². The molecule has 2 aromatic carbocycles. The zero-order chi connectivity index (χ0) is 17.9. The Bertz CT molecular complexity index is 767. The molecule has 1 aliphatic heterocycles. The van der Waals surface area contributed by atoms with E-state index < -0.39 is 6.10 Å². The van der Waals surface area contributed by atoms with E-state index in [0.717, 1.165) is 50.2 Å². The first-order chi connectivity index (χ1) is 12.7. The number of nitrogens with zero attached hydrogens (tertiary/aromatic N) is 2. The van der Waals surface area contributed by atoms with Crippen molar-refractivity contribution in [3.05, 3.63) is 42.5 Å². The van der Waals surface area contributed by atoms with Crippen LogP contribution < -0.4 is 4.74 Å². The molecule has 1 N–H and O–H groups in total. The largest absolute Gasteiger partial charge is 0.491 e. The normalized spacial score (nSPS) is 19.5. The van der Waals surface area contributed by atoms with Crippen molar-refractivity contribution in [2.45, 2.75) is 18.9 Å². The summed E-state index contributed by atoms with van der Waals surface area (Å²) in [4.78, 5) is 16.3. The fourth-order valence-corrected chi connectivity index (χ4v) is 3.54. The van der Waals surface area contributed by atoms with Crippen LogP contribution in [0.1, 0.15) is 12.8 Å². The molecule has 5 heteroatoms. The standard InChI is InChI=1S/C21H26N2O3/c24-19(14-22-9-11-23(12-10-22)21(25)17-5-6-17)15-26-20-8-7-16-3-1-2-4-18(16)13-20/h1-4,7-8,13,17,19,24H,5-6,9-12,14-15H2/t19-/m0/s1. The number of rotatable bonds is 6. The fraction of sp³-hybridized carbons (Fsp3) is 0.476. The van der Waals surface area contributed by atoms with E-state index in [1.165, 1.54) is 5.39 Å². The fourth-order valence-electron chi connectivity index (χ4n) is 3.54. The first-order valence-electron chi connectivity index (χ1n) is 9.50. The summed E-state index contributed by atoms with van der Waals surface area (Å²) in [5, 5.41) is 12.6. The molecular weight excluding hydrogens is 328 g/mol. The zero-order valence-electron chi connectivity index (χ0n) is 15.0.